The van der Waals surface area contributed by atoms with E-state index in [1.807, 2.05) is 0 Å². The average Bonchev–Trinajstić information content (AvgIpc) is 3.16. The summed E-state index contributed by atoms with van der Waals surface area (Å²) in [6.45, 7) is 0. The minimum absolute atomic E-state index is 0.0976. The summed E-state index contributed by atoms with van der Waals surface area (Å²) in [6.07, 6.45) is 3.08. The summed E-state index contributed by atoms with van der Waals surface area (Å²) in [6, 6.07) is 11.1. The van der Waals surface area contributed by atoms with Crippen molar-refractivity contribution >= 4 is 23.5 Å². The highest BCUT2D eigenvalue weighted by Crippen LogP contribution is 2.53. The molecule has 0 saturated heterocycles. The maximum absolute atomic E-state index is 12.5. The lowest BCUT2D eigenvalue weighted by Crippen LogP contribution is -2.46. The fraction of sp³-hybridized carbons (Fsp3) is 0.400. The van der Waals surface area contributed by atoms with Gasteiger partial charge in [-0.05, 0) is 37.1 Å². The average molecular weight is 381 g/mol. The Bertz CT molecular complexity index is 871. The zero-order chi connectivity index (χ0) is 19.4. The van der Waals surface area contributed by atoms with E-state index in [0.717, 1.165) is 24.6 Å². The van der Waals surface area contributed by atoms with E-state index in [1.54, 1.807) is 31.4 Å². The van der Waals surface area contributed by atoms with E-state index >= 15 is 0 Å². The molecule has 1 aromatic carbocycles. The van der Waals surface area contributed by atoms with Gasteiger partial charge in [-0.1, -0.05) is 24.6 Å². The largest absolute Gasteiger partial charge is 0.497 e. The van der Waals surface area contributed by atoms with Gasteiger partial charge in [-0.25, -0.2) is 0 Å². The number of hydrogen-bond acceptors (Lipinski definition) is 6. The molecule has 1 fully saturated rings. The molecule has 6 nitrogen and oxygen atoms in total. The van der Waals surface area contributed by atoms with E-state index in [-0.39, 0.29) is 17.4 Å². The lowest BCUT2D eigenvalue weighted by Gasteiger charge is -2.37. The van der Waals surface area contributed by atoms with Gasteiger partial charge in [-0.2, -0.15) is 10.5 Å². The van der Waals surface area contributed by atoms with Crippen LogP contribution in [0.3, 0.4) is 0 Å². The SMILES string of the molecule is COc1ccc(C(=O)CSC2=C(C#N)C3(CCCC3)[C@@H](C#N)C(=O)N2)cc1. The van der Waals surface area contributed by atoms with Crippen LogP contribution in [0.2, 0.25) is 0 Å². The Morgan fingerprint density at radius 3 is 2.52 bits per heavy atom. The van der Waals surface area contributed by atoms with Crippen LogP contribution < -0.4 is 10.1 Å². The summed E-state index contributed by atoms with van der Waals surface area (Å²) in [5.41, 5.74) is 0.269. The van der Waals surface area contributed by atoms with Crippen molar-refractivity contribution in [2.24, 2.45) is 11.3 Å². The van der Waals surface area contributed by atoms with Gasteiger partial charge in [-0.3, -0.25) is 9.59 Å². The molecule has 1 spiro atoms. The molecule has 1 amide bonds. The number of carbonyl (C=O) groups is 2. The molecule has 27 heavy (non-hydrogen) atoms. The van der Waals surface area contributed by atoms with Crippen molar-refractivity contribution < 1.29 is 14.3 Å². The number of ketones is 1. The number of ether oxygens (including phenoxy) is 1. The molecular formula is C20H19N3O3S. The quantitative estimate of drug-likeness (QED) is 0.786. The summed E-state index contributed by atoms with van der Waals surface area (Å²) in [7, 11) is 1.56. The van der Waals surface area contributed by atoms with Gasteiger partial charge in [-0.15, -0.1) is 0 Å². The lowest BCUT2D eigenvalue weighted by atomic mass is 9.67. The third-order valence-electron chi connectivity index (χ3n) is 5.27. The molecule has 1 aromatic rings. The van der Waals surface area contributed by atoms with Crippen LogP contribution in [-0.2, 0) is 4.79 Å². The Balaban J connectivity index is 1.83. The molecule has 1 aliphatic carbocycles. The van der Waals surface area contributed by atoms with Crippen molar-refractivity contribution in [2.45, 2.75) is 25.7 Å². The van der Waals surface area contributed by atoms with Crippen LogP contribution in [0.15, 0.2) is 34.9 Å². The molecule has 0 radical (unpaired) electrons. The maximum Gasteiger partial charge on any atom is 0.243 e. The number of Topliss-reactive ketones (excluding diaryl/α,β-unsaturated/α-hetero) is 1. The summed E-state index contributed by atoms with van der Waals surface area (Å²) in [5.74, 6) is -0.571. The van der Waals surface area contributed by atoms with Crippen molar-refractivity contribution in [3.63, 3.8) is 0 Å². The molecule has 1 N–H and O–H groups in total. The standard InChI is InChI=1S/C20H19N3O3S/c1-26-14-6-4-13(5-7-14)17(24)12-27-19-16(11-22)20(8-2-3-9-20)15(10-21)18(25)23-19/h4-7,15H,2-3,8-9,12H2,1H3,(H,23,25)/t15-/m0/s1. The maximum atomic E-state index is 12.5. The number of amides is 1. The van der Waals surface area contributed by atoms with Crippen LogP contribution >= 0.6 is 11.8 Å². The van der Waals surface area contributed by atoms with Crippen LogP contribution in [0.5, 0.6) is 5.75 Å². The number of carbonyl (C=O) groups excluding carboxylic acids is 2. The van der Waals surface area contributed by atoms with Crippen LogP contribution in [0.1, 0.15) is 36.0 Å². The molecule has 2 aliphatic rings. The van der Waals surface area contributed by atoms with Gasteiger partial charge in [0.05, 0.1) is 35.6 Å². The van der Waals surface area contributed by atoms with E-state index in [4.69, 9.17) is 4.74 Å². The van der Waals surface area contributed by atoms with Gasteiger partial charge >= 0.3 is 0 Å². The topological polar surface area (TPSA) is 103 Å². The van der Waals surface area contributed by atoms with E-state index in [1.165, 1.54) is 0 Å². The molecule has 0 bridgehead atoms. The van der Waals surface area contributed by atoms with Crippen molar-refractivity contribution in [3.05, 3.63) is 40.4 Å². The molecule has 1 saturated carbocycles. The number of allylic oxidation sites excluding steroid dienone is 1. The predicted octanol–water partition coefficient (Wildman–Crippen LogP) is 3.18. The zero-order valence-electron chi connectivity index (χ0n) is 14.9. The highest BCUT2D eigenvalue weighted by Gasteiger charge is 2.52. The number of hydrogen-bond donors (Lipinski definition) is 1. The van der Waals surface area contributed by atoms with Gasteiger partial charge < -0.3 is 10.1 Å². The third-order valence-corrected chi connectivity index (χ3v) is 6.27. The van der Waals surface area contributed by atoms with Crippen molar-refractivity contribution in [1.82, 2.24) is 5.32 Å². The lowest BCUT2D eigenvalue weighted by molar-refractivity contribution is -0.126. The fourth-order valence-electron chi connectivity index (χ4n) is 3.86. The Hall–Kier alpha value is -2.77. The van der Waals surface area contributed by atoms with Crippen LogP contribution in [-0.4, -0.2) is 24.6 Å². The fourth-order valence-corrected chi connectivity index (χ4v) is 4.87. The van der Waals surface area contributed by atoms with Crippen LogP contribution in [0, 0.1) is 34.0 Å². The Morgan fingerprint density at radius 2 is 1.96 bits per heavy atom. The van der Waals surface area contributed by atoms with E-state index in [0.29, 0.717) is 34.8 Å². The second-order valence-corrected chi connectivity index (χ2v) is 7.66. The van der Waals surface area contributed by atoms with Gasteiger partial charge in [0.2, 0.25) is 5.91 Å². The third kappa shape index (κ3) is 3.43. The summed E-state index contributed by atoms with van der Waals surface area (Å²) in [5, 5.41) is 22.3. The smallest absolute Gasteiger partial charge is 0.243 e. The van der Waals surface area contributed by atoms with Crippen molar-refractivity contribution in [2.75, 3.05) is 12.9 Å². The first kappa shape index (κ1) is 19.0. The van der Waals surface area contributed by atoms with E-state index < -0.39 is 11.3 Å². The molecule has 7 heteroatoms. The second-order valence-electron chi connectivity index (χ2n) is 6.67. The first-order valence-corrected chi connectivity index (χ1v) is 9.69. The highest BCUT2D eigenvalue weighted by molar-refractivity contribution is 8.03. The normalized spacial score (nSPS) is 20.7. The van der Waals surface area contributed by atoms with Crippen LogP contribution in [0.25, 0.3) is 0 Å². The van der Waals surface area contributed by atoms with E-state index in [9.17, 15) is 20.1 Å². The Kier molecular flexibility index (Phi) is 5.53. The van der Waals surface area contributed by atoms with Crippen molar-refractivity contribution in [3.8, 4) is 17.9 Å². The minimum Gasteiger partial charge on any atom is -0.497 e. The molecule has 138 valence electrons. The molecule has 1 atom stereocenters. The van der Waals surface area contributed by atoms with Crippen LogP contribution in [0.4, 0.5) is 0 Å². The zero-order valence-corrected chi connectivity index (χ0v) is 15.8. The first-order valence-electron chi connectivity index (χ1n) is 8.71. The molecule has 1 aliphatic heterocycles. The molecule has 1 heterocycles. The molecule has 0 aromatic heterocycles. The molecular weight excluding hydrogens is 362 g/mol. The Labute approximate surface area is 162 Å². The summed E-state index contributed by atoms with van der Waals surface area (Å²) in [4.78, 5) is 24.9. The number of nitrogens with zero attached hydrogens (tertiary/aromatic N) is 2. The predicted molar refractivity (Wildman–Crippen MR) is 101 cm³/mol. The van der Waals surface area contributed by atoms with Crippen molar-refractivity contribution in [1.29, 1.82) is 10.5 Å². The minimum atomic E-state index is -0.851. The monoisotopic (exact) mass is 381 g/mol. The summed E-state index contributed by atoms with van der Waals surface area (Å²) >= 11 is 1.16. The Morgan fingerprint density at radius 1 is 1.30 bits per heavy atom. The van der Waals surface area contributed by atoms with E-state index in [2.05, 4.69) is 17.5 Å². The van der Waals surface area contributed by atoms with Gasteiger partial charge in [0.15, 0.2) is 5.78 Å². The molecule has 0 unspecified atom stereocenters. The first-order chi connectivity index (χ1) is 13.1. The number of nitriles is 2. The van der Waals surface area contributed by atoms with Gasteiger partial charge in [0.1, 0.15) is 11.7 Å². The number of thioether (sulfide) groups is 1. The number of rotatable bonds is 5. The second kappa shape index (κ2) is 7.85. The number of methoxy groups -OCH3 is 1. The number of benzene rings is 1. The number of nitrogens with one attached hydrogen (secondary N) is 1. The van der Waals surface area contributed by atoms with Gasteiger partial charge in [0, 0.05) is 11.0 Å². The van der Waals surface area contributed by atoms with Gasteiger partial charge in [0.25, 0.3) is 0 Å². The molecule has 3 rings (SSSR count). The highest BCUT2D eigenvalue weighted by atomic mass is 32.2. The summed E-state index contributed by atoms with van der Waals surface area (Å²) < 4.78 is 5.08.